The smallest absolute Gasteiger partial charge is 0.245 e. The SMILES string of the molecule is CCCCC(F)(F)N(CC)CC. The van der Waals surface area contributed by atoms with Gasteiger partial charge in [0.25, 0.3) is 0 Å². The van der Waals surface area contributed by atoms with Crippen molar-refractivity contribution in [3.63, 3.8) is 0 Å². The number of rotatable bonds is 6. The first-order valence-electron chi connectivity index (χ1n) is 4.71. The normalized spacial score (nSPS) is 12.5. The molecule has 74 valence electrons. The van der Waals surface area contributed by atoms with E-state index in [-0.39, 0.29) is 6.42 Å². The van der Waals surface area contributed by atoms with E-state index >= 15 is 0 Å². The molecule has 3 heteroatoms. The van der Waals surface area contributed by atoms with Gasteiger partial charge in [-0.15, -0.1) is 0 Å². The molecule has 0 saturated carbocycles. The fraction of sp³-hybridized carbons (Fsp3) is 1.00. The molecular weight excluding hydrogens is 160 g/mol. The Hall–Kier alpha value is -0.180. The standard InChI is InChI=1S/C9H19F2N/c1-4-7-8-9(10,11)12(5-2)6-3/h4-8H2,1-3H3. The van der Waals surface area contributed by atoms with Gasteiger partial charge in [0.2, 0.25) is 0 Å². The molecule has 0 fully saturated rings. The molecule has 1 nitrogen and oxygen atoms in total. The molecule has 0 amide bonds. The van der Waals surface area contributed by atoms with Crippen LogP contribution in [0.3, 0.4) is 0 Å². The topological polar surface area (TPSA) is 3.24 Å². The van der Waals surface area contributed by atoms with Gasteiger partial charge in [-0.05, 0) is 6.42 Å². The Labute approximate surface area is 73.7 Å². The number of nitrogens with zero attached hydrogens (tertiary/aromatic N) is 1. The van der Waals surface area contributed by atoms with Crippen LogP contribution in [0.25, 0.3) is 0 Å². The summed E-state index contributed by atoms with van der Waals surface area (Å²) < 4.78 is 26.4. The molecule has 0 aliphatic rings. The van der Waals surface area contributed by atoms with Crippen LogP contribution in [0.2, 0.25) is 0 Å². The highest BCUT2D eigenvalue weighted by Gasteiger charge is 2.33. The van der Waals surface area contributed by atoms with Gasteiger partial charge in [-0.2, -0.15) is 8.78 Å². The minimum atomic E-state index is -2.60. The van der Waals surface area contributed by atoms with Gasteiger partial charge < -0.3 is 0 Å². The first kappa shape index (κ1) is 11.8. The first-order chi connectivity index (χ1) is 5.58. The minimum absolute atomic E-state index is 0.00875. The summed E-state index contributed by atoms with van der Waals surface area (Å²) in [4.78, 5) is 1.21. The van der Waals surface area contributed by atoms with E-state index in [9.17, 15) is 8.78 Å². The van der Waals surface area contributed by atoms with Crippen LogP contribution in [0.5, 0.6) is 0 Å². The largest absolute Gasteiger partial charge is 0.304 e. The highest BCUT2D eigenvalue weighted by molar-refractivity contribution is 4.66. The van der Waals surface area contributed by atoms with Crippen molar-refractivity contribution in [1.82, 2.24) is 4.90 Å². The summed E-state index contributed by atoms with van der Waals surface area (Å²) in [6, 6.07) is -2.60. The van der Waals surface area contributed by atoms with Gasteiger partial charge in [-0.1, -0.05) is 27.2 Å². The highest BCUT2D eigenvalue weighted by atomic mass is 19.3. The van der Waals surface area contributed by atoms with Crippen LogP contribution in [0.4, 0.5) is 8.78 Å². The molecule has 0 aromatic carbocycles. The van der Waals surface area contributed by atoms with Gasteiger partial charge >= 0.3 is 6.05 Å². The summed E-state index contributed by atoms with van der Waals surface area (Å²) in [7, 11) is 0. The van der Waals surface area contributed by atoms with Crippen molar-refractivity contribution in [3.8, 4) is 0 Å². The predicted octanol–water partition coefficient (Wildman–Crippen LogP) is 3.11. The minimum Gasteiger partial charge on any atom is -0.245 e. The molecule has 0 bridgehead atoms. The summed E-state index contributed by atoms with van der Waals surface area (Å²) in [6.45, 7) is 6.31. The van der Waals surface area contributed by atoms with E-state index in [1.807, 2.05) is 6.92 Å². The molecule has 0 aromatic heterocycles. The van der Waals surface area contributed by atoms with Crippen molar-refractivity contribution < 1.29 is 8.78 Å². The predicted molar refractivity (Wildman–Crippen MR) is 47.4 cm³/mol. The van der Waals surface area contributed by atoms with Gasteiger partial charge in [0.05, 0.1) is 0 Å². The molecule has 0 aromatic rings. The van der Waals surface area contributed by atoms with E-state index in [1.165, 1.54) is 4.90 Å². The van der Waals surface area contributed by atoms with E-state index in [2.05, 4.69) is 0 Å². The fourth-order valence-corrected chi connectivity index (χ4v) is 1.23. The summed E-state index contributed by atoms with van der Waals surface area (Å²) in [5, 5.41) is 0. The summed E-state index contributed by atoms with van der Waals surface area (Å²) >= 11 is 0. The van der Waals surface area contributed by atoms with Gasteiger partial charge in [0, 0.05) is 19.5 Å². The molecule has 0 radical (unpaired) electrons. The summed E-state index contributed by atoms with van der Waals surface area (Å²) in [5.41, 5.74) is 0. The third-order valence-electron chi connectivity index (χ3n) is 2.06. The molecule has 0 saturated heterocycles. The van der Waals surface area contributed by atoms with Gasteiger partial charge in [-0.25, -0.2) is 4.90 Å². The molecule has 0 N–H and O–H groups in total. The second-order valence-electron chi connectivity index (χ2n) is 2.94. The molecule has 12 heavy (non-hydrogen) atoms. The Kier molecular flexibility index (Phi) is 5.38. The number of unbranched alkanes of at least 4 members (excludes halogenated alkanes) is 1. The van der Waals surface area contributed by atoms with Crippen LogP contribution in [0, 0.1) is 0 Å². The zero-order valence-corrected chi connectivity index (χ0v) is 8.24. The quantitative estimate of drug-likeness (QED) is 0.566. The van der Waals surface area contributed by atoms with Crippen molar-refractivity contribution in [3.05, 3.63) is 0 Å². The molecule has 0 aliphatic heterocycles. The fourth-order valence-electron chi connectivity index (χ4n) is 1.23. The third-order valence-corrected chi connectivity index (χ3v) is 2.06. The molecule has 0 aliphatic carbocycles. The lowest BCUT2D eigenvalue weighted by molar-refractivity contribution is -0.148. The van der Waals surface area contributed by atoms with E-state index in [0.29, 0.717) is 19.5 Å². The summed E-state index contributed by atoms with van der Waals surface area (Å²) in [6.07, 6.45) is 1.42. The van der Waals surface area contributed by atoms with Crippen molar-refractivity contribution >= 4 is 0 Å². The lowest BCUT2D eigenvalue weighted by atomic mass is 10.2. The zero-order chi connectivity index (χ0) is 9.61. The highest BCUT2D eigenvalue weighted by Crippen LogP contribution is 2.25. The first-order valence-corrected chi connectivity index (χ1v) is 4.71. The van der Waals surface area contributed by atoms with Crippen molar-refractivity contribution in [1.29, 1.82) is 0 Å². The Balaban J connectivity index is 3.96. The van der Waals surface area contributed by atoms with Crippen LogP contribution in [-0.4, -0.2) is 24.0 Å². The average molecular weight is 179 g/mol. The van der Waals surface area contributed by atoms with E-state index in [1.54, 1.807) is 13.8 Å². The molecule has 0 heterocycles. The Morgan fingerprint density at radius 1 is 1.08 bits per heavy atom. The maximum Gasteiger partial charge on any atom is 0.304 e. The maximum atomic E-state index is 13.2. The number of alkyl halides is 2. The van der Waals surface area contributed by atoms with Crippen LogP contribution >= 0.6 is 0 Å². The number of hydrogen-bond acceptors (Lipinski definition) is 1. The monoisotopic (exact) mass is 179 g/mol. The lowest BCUT2D eigenvalue weighted by Crippen LogP contribution is -2.41. The third kappa shape index (κ3) is 3.48. The van der Waals surface area contributed by atoms with Crippen LogP contribution < -0.4 is 0 Å². The Morgan fingerprint density at radius 2 is 1.58 bits per heavy atom. The van der Waals surface area contributed by atoms with E-state index in [0.717, 1.165) is 6.42 Å². The van der Waals surface area contributed by atoms with Crippen LogP contribution in [-0.2, 0) is 0 Å². The maximum absolute atomic E-state index is 13.2. The average Bonchev–Trinajstić information content (AvgIpc) is 2.03. The van der Waals surface area contributed by atoms with Crippen LogP contribution in [0.15, 0.2) is 0 Å². The zero-order valence-electron chi connectivity index (χ0n) is 8.24. The van der Waals surface area contributed by atoms with Gasteiger partial charge in [0.15, 0.2) is 0 Å². The van der Waals surface area contributed by atoms with E-state index < -0.39 is 6.05 Å². The van der Waals surface area contributed by atoms with Crippen molar-refractivity contribution in [2.45, 2.75) is 46.1 Å². The summed E-state index contributed by atoms with van der Waals surface area (Å²) in [5.74, 6) is 0. The van der Waals surface area contributed by atoms with Crippen LogP contribution in [0.1, 0.15) is 40.0 Å². The number of halogens is 2. The van der Waals surface area contributed by atoms with Gasteiger partial charge in [-0.3, -0.25) is 0 Å². The second-order valence-corrected chi connectivity index (χ2v) is 2.94. The molecule has 0 unspecified atom stereocenters. The second kappa shape index (κ2) is 5.46. The van der Waals surface area contributed by atoms with E-state index in [4.69, 9.17) is 0 Å². The molecular formula is C9H19F2N. The Morgan fingerprint density at radius 3 is 1.92 bits per heavy atom. The molecule has 0 atom stereocenters. The van der Waals surface area contributed by atoms with Crippen molar-refractivity contribution in [2.75, 3.05) is 13.1 Å². The lowest BCUT2D eigenvalue weighted by Gasteiger charge is -2.28. The molecule has 0 rings (SSSR count). The number of hydrogen-bond donors (Lipinski definition) is 0. The molecule has 0 spiro atoms. The van der Waals surface area contributed by atoms with Crippen molar-refractivity contribution in [2.24, 2.45) is 0 Å². The van der Waals surface area contributed by atoms with Gasteiger partial charge in [0.1, 0.15) is 0 Å². The Bertz CT molecular complexity index is 111.